The largest absolute Gasteiger partial charge is 0.383 e. The van der Waals surface area contributed by atoms with Crippen LogP contribution < -0.4 is 11.5 Å². The van der Waals surface area contributed by atoms with Gasteiger partial charge in [-0.1, -0.05) is 0 Å². The Morgan fingerprint density at radius 2 is 1.94 bits per heavy atom. The van der Waals surface area contributed by atoms with E-state index in [1.165, 1.54) is 0 Å². The zero-order valence-corrected chi connectivity index (χ0v) is 10.0. The highest BCUT2D eigenvalue weighted by molar-refractivity contribution is 5.98. The molecule has 92 valence electrons. The Morgan fingerprint density at radius 1 is 1.22 bits per heavy atom. The van der Waals surface area contributed by atoms with E-state index < -0.39 is 5.91 Å². The number of nitrogen functional groups attached to an aromatic ring is 1. The minimum absolute atomic E-state index is 0.0567. The van der Waals surface area contributed by atoms with Crippen molar-refractivity contribution < 1.29 is 4.79 Å². The van der Waals surface area contributed by atoms with Crippen molar-refractivity contribution in [2.45, 2.75) is 13.8 Å². The van der Waals surface area contributed by atoms with Gasteiger partial charge in [-0.25, -0.2) is 19.9 Å². The molecule has 4 N–H and O–H groups in total. The topological polar surface area (TPSA) is 121 Å². The second-order valence-electron chi connectivity index (χ2n) is 3.75. The molecular formula is C11H12N6O. The second-order valence-corrected chi connectivity index (χ2v) is 3.75. The first-order valence-electron chi connectivity index (χ1n) is 5.23. The molecule has 0 radical (unpaired) electrons. The monoisotopic (exact) mass is 244 g/mol. The Labute approximate surface area is 103 Å². The van der Waals surface area contributed by atoms with Crippen LogP contribution in [0.5, 0.6) is 0 Å². The van der Waals surface area contributed by atoms with Crippen molar-refractivity contribution in [3.8, 4) is 11.5 Å². The number of aryl methyl sites for hydroxylation is 2. The molecule has 2 rings (SSSR count). The van der Waals surface area contributed by atoms with E-state index in [2.05, 4.69) is 19.9 Å². The van der Waals surface area contributed by atoms with Crippen molar-refractivity contribution in [1.82, 2.24) is 19.9 Å². The summed E-state index contributed by atoms with van der Waals surface area (Å²) in [6, 6.07) is 1.67. The van der Waals surface area contributed by atoms with E-state index in [9.17, 15) is 4.79 Å². The Balaban J connectivity index is 2.58. The van der Waals surface area contributed by atoms with Gasteiger partial charge in [-0.05, 0) is 19.9 Å². The van der Waals surface area contributed by atoms with E-state index in [0.717, 1.165) is 0 Å². The number of hydrogen-bond donors (Lipinski definition) is 2. The Morgan fingerprint density at radius 3 is 2.50 bits per heavy atom. The smallest absolute Gasteiger partial charge is 0.254 e. The molecule has 2 aromatic heterocycles. The minimum atomic E-state index is -0.643. The van der Waals surface area contributed by atoms with Crippen molar-refractivity contribution in [3.63, 3.8) is 0 Å². The highest BCUT2D eigenvalue weighted by atomic mass is 16.1. The molecule has 0 spiro atoms. The van der Waals surface area contributed by atoms with E-state index in [0.29, 0.717) is 23.0 Å². The van der Waals surface area contributed by atoms with Crippen LogP contribution in [-0.2, 0) is 0 Å². The van der Waals surface area contributed by atoms with Crippen molar-refractivity contribution in [3.05, 3.63) is 29.3 Å². The predicted octanol–water partition coefficient (Wildman–Crippen LogP) is 0.232. The number of amides is 1. The molecule has 0 aliphatic carbocycles. The quantitative estimate of drug-likeness (QED) is 0.780. The highest BCUT2D eigenvalue weighted by Crippen LogP contribution is 2.18. The molecule has 7 nitrogen and oxygen atoms in total. The van der Waals surface area contributed by atoms with E-state index >= 15 is 0 Å². The van der Waals surface area contributed by atoms with Gasteiger partial charge in [-0.3, -0.25) is 4.79 Å². The minimum Gasteiger partial charge on any atom is -0.383 e. The summed E-state index contributed by atoms with van der Waals surface area (Å²) in [6.07, 6.45) is 1.61. The van der Waals surface area contributed by atoms with Crippen molar-refractivity contribution in [1.29, 1.82) is 0 Å². The standard InChI is InChI=1S/C11H12N6O/c1-5-8(10(13)18)9(12)17-11(15-5)7-3-4-14-6(2)16-7/h3-4H,1-2H3,(H2,13,18)(H2,12,15,17). The van der Waals surface area contributed by atoms with Crippen LogP contribution in [-0.4, -0.2) is 25.8 Å². The molecule has 1 amide bonds. The molecule has 0 saturated carbocycles. The summed E-state index contributed by atoms with van der Waals surface area (Å²) in [4.78, 5) is 27.6. The third kappa shape index (κ3) is 2.10. The molecule has 2 heterocycles. The molecule has 0 aromatic carbocycles. The van der Waals surface area contributed by atoms with Gasteiger partial charge in [0, 0.05) is 6.20 Å². The van der Waals surface area contributed by atoms with Gasteiger partial charge in [0.05, 0.1) is 5.69 Å². The molecule has 0 aliphatic rings. The fourth-order valence-corrected chi connectivity index (χ4v) is 1.59. The number of aromatic nitrogens is 4. The second kappa shape index (κ2) is 4.36. The molecule has 2 aromatic rings. The average Bonchev–Trinajstić information content (AvgIpc) is 2.27. The molecule has 0 atom stereocenters. The molecule has 0 unspecified atom stereocenters. The molecular weight excluding hydrogens is 232 g/mol. The normalized spacial score (nSPS) is 10.3. The lowest BCUT2D eigenvalue weighted by molar-refractivity contribution is 0.1000. The number of primary amides is 1. The van der Waals surface area contributed by atoms with Crippen molar-refractivity contribution in [2.24, 2.45) is 5.73 Å². The van der Waals surface area contributed by atoms with Crippen LogP contribution in [0.4, 0.5) is 5.82 Å². The van der Waals surface area contributed by atoms with Gasteiger partial charge >= 0.3 is 0 Å². The van der Waals surface area contributed by atoms with Gasteiger partial charge < -0.3 is 11.5 Å². The van der Waals surface area contributed by atoms with Crippen LogP contribution in [0, 0.1) is 13.8 Å². The van der Waals surface area contributed by atoms with Gasteiger partial charge in [0.2, 0.25) is 0 Å². The Kier molecular flexibility index (Phi) is 2.88. The van der Waals surface area contributed by atoms with Crippen LogP contribution >= 0.6 is 0 Å². The number of hydrogen-bond acceptors (Lipinski definition) is 6. The fraction of sp³-hybridized carbons (Fsp3) is 0.182. The average molecular weight is 244 g/mol. The molecule has 0 saturated heterocycles. The third-order valence-electron chi connectivity index (χ3n) is 2.37. The maximum Gasteiger partial charge on any atom is 0.254 e. The van der Waals surface area contributed by atoms with Gasteiger partial charge in [-0.2, -0.15) is 0 Å². The lowest BCUT2D eigenvalue weighted by Crippen LogP contribution is -2.18. The maximum atomic E-state index is 11.2. The summed E-state index contributed by atoms with van der Waals surface area (Å²) in [7, 11) is 0. The summed E-state index contributed by atoms with van der Waals surface area (Å²) in [5, 5.41) is 0. The molecule has 0 aliphatic heterocycles. The van der Waals surface area contributed by atoms with E-state index in [1.807, 2.05) is 0 Å². The molecule has 0 bridgehead atoms. The van der Waals surface area contributed by atoms with Crippen LogP contribution in [0.1, 0.15) is 21.9 Å². The number of rotatable bonds is 2. The van der Waals surface area contributed by atoms with Gasteiger partial charge in [0.25, 0.3) is 5.91 Å². The first kappa shape index (κ1) is 11.9. The number of anilines is 1. The van der Waals surface area contributed by atoms with Crippen LogP contribution in [0.15, 0.2) is 12.3 Å². The van der Waals surface area contributed by atoms with Crippen molar-refractivity contribution >= 4 is 11.7 Å². The van der Waals surface area contributed by atoms with E-state index in [1.54, 1.807) is 26.1 Å². The third-order valence-corrected chi connectivity index (χ3v) is 2.37. The SMILES string of the molecule is Cc1nccc(-c2nc(C)c(C(N)=O)c(N)n2)n1. The predicted molar refractivity (Wildman–Crippen MR) is 65.5 cm³/mol. The summed E-state index contributed by atoms with van der Waals surface area (Å²) in [5.74, 6) is 0.364. The zero-order valence-electron chi connectivity index (χ0n) is 10.0. The summed E-state index contributed by atoms with van der Waals surface area (Å²) in [5.41, 5.74) is 12.0. The van der Waals surface area contributed by atoms with E-state index in [4.69, 9.17) is 11.5 Å². The maximum absolute atomic E-state index is 11.2. The zero-order chi connectivity index (χ0) is 13.3. The van der Waals surface area contributed by atoms with Gasteiger partial charge in [-0.15, -0.1) is 0 Å². The lowest BCUT2D eigenvalue weighted by Gasteiger charge is -2.07. The highest BCUT2D eigenvalue weighted by Gasteiger charge is 2.15. The van der Waals surface area contributed by atoms with Gasteiger partial charge in [0.15, 0.2) is 5.82 Å². The summed E-state index contributed by atoms with van der Waals surface area (Å²) in [6.45, 7) is 3.41. The number of nitrogens with two attached hydrogens (primary N) is 2. The van der Waals surface area contributed by atoms with Crippen molar-refractivity contribution in [2.75, 3.05) is 5.73 Å². The van der Waals surface area contributed by atoms with Crippen LogP contribution in [0.3, 0.4) is 0 Å². The number of nitrogens with zero attached hydrogens (tertiary/aromatic N) is 4. The van der Waals surface area contributed by atoms with Gasteiger partial charge in [0.1, 0.15) is 22.9 Å². The van der Waals surface area contributed by atoms with E-state index in [-0.39, 0.29) is 11.4 Å². The van der Waals surface area contributed by atoms with Crippen LogP contribution in [0.2, 0.25) is 0 Å². The molecule has 7 heteroatoms. The summed E-state index contributed by atoms with van der Waals surface area (Å²) < 4.78 is 0. The lowest BCUT2D eigenvalue weighted by atomic mass is 10.2. The Hall–Kier alpha value is -2.57. The number of carbonyl (C=O) groups is 1. The molecule has 0 fully saturated rings. The Bertz CT molecular complexity index is 602. The first-order chi connectivity index (χ1) is 8.49. The van der Waals surface area contributed by atoms with Crippen LogP contribution in [0.25, 0.3) is 11.5 Å². The molecule has 18 heavy (non-hydrogen) atoms. The number of carbonyl (C=O) groups excluding carboxylic acids is 1. The summed E-state index contributed by atoms with van der Waals surface area (Å²) >= 11 is 0. The first-order valence-corrected chi connectivity index (χ1v) is 5.23. The fourth-order valence-electron chi connectivity index (χ4n) is 1.59.